The molecule has 2 atom stereocenters. The average Bonchev–Trinajstić information content (AvgIpc) is 3.36. The van der Waals surface area contributed by atoms with Crippen LogP contribution in [0.15, 0.2) is 18.2 Å². The third-order valence-corrected chi connectivity index (χ3v) is 4.77. The number of carboxylic acids is 1. The van der Waals surface area contributed by atoms with E-state index in [-0.39, 0.29) is 23.7 Å². The first-order valence-corrected chi connectivity index (χ1v) is 9.00. The van der Waals surface area contributed by atoms with Crippen LogP contribution >= 0.6 is 0 Å². The van der Waals surface area contributed by atoms with Crippen molar-refractivity contribution in [3.05, 3.63) is 23.8 Å². The summed E-state index contributed by atoms with van der Waals surface area (Å²) in [6, 6.07) is 5.20. The highest BCUT2D eigenvalue weighted by Crippen LogP contribution is 2.33. The molecular weight excluding hydrogens is 320 g/mol. The number of carbonyl (C=O) groups is 2. The minimum absolute atomic E-state index is 0.0961. The van der Waals surface area contributed by atoms with Crippen LogP contribution in [0.4, 0.5) is 11.4 Å². The molecule has 2 N–H and O–H groups in total. The number of rotatable bonds is 6. The maximum Gasteiger partial charge on any atom is 0.337 e. The Labute approximate surface area is 148 Å². The molecule has 6 heteroatoms. The fourth-order valence-corrected chi connectivity index (χ4v) is 3.36. The van der Waals surface area contributed by atoms with Gasteiger partial charge >= 0.3 is 5.97 Å². The summed E-state index contributed by atoms with van der Waals surface area (Å²) >= 11 is 0. The zero-order valence-corrected chi connectivity index (χ0v) is 14.8. The van der Waals surface area contributed by atoms with E-state index in [2.05, 4.69) is 10.2 Å². The summed E-state index contributed by atoms with van der Waals surface area (Å²) in [5.74, 6) is -0.471. The van der Waals surface area contributed by atoms with Crippen LogP contribution < -0.4 is 10.2 Å². The van der Waals surface area contributed by atoms with Gasteiger partial charge in [0.1, 0.15) is 0 Å². The Morgan fingerprint density at radius 1 is 1.24 bits per heavy atom. The number of hydrogen-bond donors (Lipinski definition) is 2. The third kappa shape index (κ3) is 4.72. The van der Waals surface area contributed by atoms with Gasteiger partial charge in [-0.25, -0.2) is 4.79 Å². The molecule has 0 radical (unpaired) electrons. The highest BCUT2D eigenvalue weighted by atomic mass is 16.5. The molecule has 0 aromatic heterocycles. The zero-order chi connectivity index (χ0) is 18.0. The molecule has 1 saturated carbocycles. The van der Waals surface area contributed by atoms with Crippen molar-refractivity contribution in [1.29, 1.82) is 0 Å². The van der Waals surface area contributed by atoms with Crippen LogP contribution in [0.25, 0.3) is 0 Å². The highest BCUT2D eigenvalue weighted by Gasteiger charge is 2.25. The second kappa shape index (κ2) is 7.44. The van der Waals surface area contributed by atoms with Crippen LogP contribution in [0, 0.1) is 5.92 Å². The SMILES string of the molecule is CC1CN(c2ccc(NC(=O)CCC3CC3)c(C(=O)O)c2)C[C@H](C)O1. The second-order valence-corrected chi connectivity index (χ2v) is 7.23. The molecule has 1 aliphatic heterocycles. The van der Waals surface area contributed by atoms with Crippen molar-refractivity contribution in [2.45, 2.75) is 51.7 Å². The minimum atomic E-state index is -1.03. The molecule has 0 bridgehead atoms. The Bertz CT molecular complexity index is 647. The van der Waals surface area contributed by atoms with E-state index in [0.29, 0.717) is 18.0 Å². The van der Waals surface area contributed by atoms with Crippen LogP contribution in [-0.4, -0.2) is 42.3 Å². The number of hydrogen-bond acceptors (Lipinski definition) is 4. The molecule has 3 rings (SSSR count). The quantitative estimate of drug-likeness (QED) is 0.827. The molecule has 1 aliphatic carbocycles. The Balaban J connectivity index is 1.73. The first-order valence-electron chi connectivity index (χ1n) is 9.00. The lowest BCUT2D eigenvalue weighted by Gasteiger charge is -2.37. The summed E-state index contributed by atoms with van der Waals surface area (Å²) in [4.78, 5) is 25.8. The van der Waals surface area contributed by atoms with Gasteiger partial charge in [-0.15, -0.1) is 0 Å². The first-order chi connectivity index (χ1) is 11.9. The van der Waals surface area contributed by atoms with Gasteiger partial charge in [0, 0.05) is 25.2 Å². The summed E-state index contributed by atoms with van der Waals surface area (Å²) in [5.41, 5.74) is 1.34. The van der Waals surface area contributed by atoms with E-state index in [9.17, 15) is 14.7 Å². The lowest BCUT2D eigenvalue weighted by Crippen LogP contribution is -2.45. The molecule has 6 nitrogen and oxygen atoms in total. The lowest BCUT2D eigenvalue weighted by atomic mass is 10.1. The molecule has 1 aromatic carbocycles. The average molecular weight is 346 g/mol. The lowest BCUT2D eigenvalue weighted by molar-refractivity contribution is -0.116. The summed E-state index contributed by atoms with van der Waals surface area (Å²) in [5, 5.41) is 12.3. The van der Waals surface area contributed by atoms with E-state index in [1.54, 1.807) is 12.1 Å². The van der Waals surface area contributed by atoms with Gasteiger partial charge in [-0.3, -0.25) is 4.79 Å². The van der Waals surface area contributed by atoms with Crippen molar-refractivity contribution in [2.24, 2.45) is 5.92 Å². The van der Waals surface area contributed by atoms with E-state index in [4.69, 9.17) is 4.74 Å². The minimum Gasteiger partial charge on any atom is -0.478 e. The van der Waals surface area contributed by atoms with E-state index < -0.39 is 5.97 Å². The molecule has 1 heterocycles. The molecule has 2 aliphatic rings. The van der Waals surface area contributed by atoms with Crippen molar-refractivity contribution < 1.29 is 19.4 Å². The number of nitrogens with zero attached hydrogens (tertiary/aromatic N) is 1. The van der Waals surface area contributed by atoms with E-state index in [1.165, 1.54) is 12.8 Å². The molecule has 0 spiro atoms. The smallest absolute Gasteiger partial charge is 0.337 e. The Morgan fingerprint density at radius 2 is 1.92 bits per heavy atom. The fourth-order valence-electron chi connectivity index (χ4n) is 3.36. The molecule has 2 fully saturated rings. The molecule has 1 unspecified atom stereocenters. The van der Waals surface area contributed by atoms with Crippen molar-refractivity contribution in [3.8, 4) is 0 Å². The Hall–Kier alpha value is -2.08. The third-order valence-electron chi connectivity index (χ3n) is 4.77. The number of morpholine rings is 1. The maximum atomic E-state index is 12.1. The summed E-state index contributed by atoms with van der Waals surface area (Å²) in [6.45, 7) is 5.46. The molecule has 1 aromatic rings. The number of benzene rings is 1. The van der Waals surface area contributed by atoms with Crippen molar-refractivity contribution >= 4 is 23.3 Å². The van der Waals surface area contributed by atoms with Crippen molar-refractivity contribution in [1.82, 2.24) is 0 Å². The number of carboxylic acid groups (broad SMARTS) is 1. The highest BCUT2D eigenvalue weighted by molar-refractivity contribution is 6.01. The monoisotopic (exact) mass is 346 g/mol. The summed E-state index contributed by atoms with van der Waals surface area (Å²) < 4.78 is 5.73. The van der Waals surface area contributed by atoms with Crippen molar-refractivity contribution in [3.63, 3.8) is 0 Å². The standard InChI is InChI=1S/C19H26N2O4/c1-12-10-21(11-13(2)25-12)15-6-7-17(16(9-15)19(23)24)20-18(22)8-5-14-3-4-14/h6-7,9,12-14H,3-5,8,10-11H2,1-2H3,(H,20,22)(H,23,24)/t12-,13?/m0/s1. The predicted molar refractivity (Wildman–Crippen MR) is 96.2 cm³/mol. The summed E-state index contributed by atoms with van der Waals surface area (Å²) in [7, 11) is 0. The predicted octanol–water partition coefficient (Wildman–Crippen LogP) is 3.13. The fraction of sp³-hybridized carbons (Fsp3) is 0.579. The largest absolute Gasteiger partial charge is 0.478 e. The van der Waals surface area contributed by atoms with Gasteiger partial charge in [-0.2, -0.15) is 0 Å². The van der Waals surface area contributed by atoms with Gasteiger partial charge in [0.15, 0.2) is 0 Å². The number of carbonyl (C=O) groups excluding carboxylic acids is 1. The van der Waals surface area contributed by atoms with Gasteiger partial charge in [0.2, 0.25) is 5.91 Å². The van der Waals surface area contributed by atoms with Crippen LogP contribution in [0.1, 0.15) is 49.9 Å². The molecular formula is C19H26N2O4. The van der Waals surface area contributed by atoms with Crippen LogP contribution in [0.3, 0.4) is 0 Å². The van der Waals surface area contributed by atoms with E-state index >= 15 is 0 Å². The number of anilines is 2. The maximum absolute atomic E-state index is 12.1. The Kier molecular flexibility index (Phi) is 5.27. The van der Waals surface area contributed by atoms with Gasteiger partial charge < -0.3 is 20.1 Å². The van der Waals surface area contributed by atoms with Crippen molar-refractivity contribution in [2.75, 3.05) is 23.3 Å². The number of amides is 1. The first kappa shape index (κ1) is 17.7. The molecule has 25 heavy (non-hydrogen) atoms. The zero-order valence-electron chi connectivity index (χ0n) is 14.8. The van der Waals surface area contributed by atoms with Gasteiger partial charge in [-0.1, -0.05) is 12.8 Å². The van der Waals surface area contributed by atoms with Gasteiger partial charge in [0.25, 0.3) is 0 Å². The van der Waals surface area contributed by atoms with Crippen LogP contribution in [0.5, 0.6) is 0 Å². The summed E-state index contributed by atoms with van der Waals surface area (Å²) in [6.07, 6.45) is 3.94. The van der Waals surface area contributed by atoms with Crippen LogP contribution in [0.2, 0.25) is 0 Å². The van der Waals surface area contributed by atoms with E-state index in [0.717, 1.165) is 25.2 Å². The molecule has 1 saturated heterocycles. The molecule has 136 valence electrons. The Morgan fingerprint density at radius 3 is 2.52 bits per heavy atom. The number of aromatic carboxylic acids is 1. The number of nitrogens with one attached hydrogen (secondary N) is 1. The molecule has 1 amide bonds. The van der Waals surface area contributed by atoms with Gasteiger partial charge in [-0.05, 0) is 44.4 Å². The van der Waals surface area contributed by atoms with Gasteiger partial charge in [0.05, 0.1) is 23.5 Å². The normalized spacial score (nSPS) is 23.4. The topological polar surface area (TPSA) is 78.9 Å². The second-order valence-electron chi connectivity index (χ2n) is 7.23. The van der Waals surface area contributed by atoms with E-state index in [1.807, 2.05) is 19.9 Å². The van der Waals surface area contributed by atoms with Crippen LogP contribution in [-0.2, 0) is 9.53 Å². The number of ether oxygens (including phenoxy) is 1.